The first-order chi connectivity index (χ1) is 9.65. The third-order valence-electron chi connectivity index (χ3n) is 3.69. The van der Waals surface area contributed by atoms with Gasteiger partial charge >= 0.3 is 0 Å². The third-order valence-corrected chi connectivity index (χ3v) is 4.42. The van der Waals surface area contributed by atoms with Gasteiger partial charge in [0.25, 0.3) is 0 Å². The van der Waals surface area contributed by atoms with Crippen molar-refractivity contribution in [2.75, 3.05) is 6.67 Å². The van der Waals surface area contributed by atoms with E-state index in [1.54, 1.807) is 18.3 Å². The van der Waals surface area contributed by atoms with E-state index in [4.69, 9.17) is 18.9 Å². The summed E-state index contributed by atoms with van der Waals surface area (Å²) in [6.07, 6.45) is -0.390. The monoisotopic (exact) mass is 302 g/mol. The molecule has 5 atom stereocenters. The highest BCUT2D eigenvalue weighted by Gasteiger charge is 2.56. The third kappa shape index (κ3) is 2.63. The Morgan fingerprint density at radius 2 is 2.30 bits per heavy atom. The summed E-state index contributed by atoms with van der Waals surface area (Å²) < 4.78 is 35.9. The first kappa shape index (κ1) is 14.4. The molecule has 0 N–H and O–H groups in total. The lowest BCUT2D eigenvalue weighted by atomic mass is 10.1. The molecule has 6 heteroatoms. The Morgan fingerprint density at radius 3 is 2.95 bits per heavy atom. The Hall–Kier alpha value is -0.530. The van der Waals surface area contributed by atoms with Crippen molar-refractivity contribution in [1.29, 1.82) is 0 Å². The molecule has 3 rings (SSSR count). The fraction of sp³-hybridized carbons (Fsp3) is 0.714. The van der Waals surface area contributed by atoms with Gasteiger partial charge in [-0.15, -0.1) is 0 Å². The smallest absolute Gasteiger partial charge is 0.197 e. The van der Waals surface area contributed by atoms with Crippen LogP contribution in [0.2, 0.25) is 0 Å². The van der Waals surface area contributed by atoms with E-state index in [0.717, 1.165) is 12.0 Å². The van der Waals surface area contributed by atoms with Crippen LogP contribution < -0.4 is 0 Å². The van der Waals surface area contributed by atoms with Crippen LogP contribution in [0.1, 0.15) is 25.8 Å². The summed E-state index contributed by atoms with van der Waals surface area (Å²) in [5.74, 6) is -1.21. The molecule has 0 saturated carbocycles. The second-order valence-electron chi connectivity index (χ2n) is 5.33. The maximum Gasteiger partial charge on any atom is 0.197 e. The van der Waals surface area contributed by atoms with Gasteiger partial charge in [0, 0.05) is 0 Å². The molecule has 0 amide bonds. The van der Waals surface area contributed by atoms with E-state index < -0.39 is 18.8 Å². The molecule has 4 nitrogen and oxygen atoms in total. The van der Waals surface area contributed by atoms with Crippen LogP contribution in [0.3, 0.4) is 0 Å². The van der Waals surface area contributed by atoms with Crippen LogP contribution in [0.25, 0.3) is 0 Å². The molecule has 0 radical (unpaired) electrons. The van der Waals surface area contributed by atoms with E-state index in [0.29, 0.717) is 6.61 Å². The number of thiophene rings is 1. The van der Waals surface area contributed by atoms with Crippen LogP contribution in [-0.2, 0) is 25.6 Å². The molecule has 0 spiro atoms. The minimum atomic E-state index is -1.21. The van der Waals surface area contributed by atoms with E-state index in [1.165, 1.54) is 0 Å². The van der Waals surface area contributed by atoms with Crippen molar-refractivity contribution in [3.8, 4) is 0 Å². The van der Waals surface area contributed by atoms with Crippen LogP contribution in [-0.4, -0.2) is 37.1 Å². The van der Waals surface area contributed by atoms with E-state index in [1.807, 2.05) is 23.8 Å². The van der Waals surface area contributed by atoms with Crippen LogP contribution >= 0.6 is 11.3 Å². The lowest BCUT2D eigenvalue weighted by Gasteiger charge is -2.26. The minimum absolute atomic E-state index is 0.0761. The second kappa shape index (κ2) is 5.69. The Bertz CT molecular complexity index is 440. The van der Waals surface area contributed by atoms with Gasteiger partial charge in [-0.3, -0.25) is 0 Å². The number of alkyl halides is 1. The van der Waals surface area contributed by atoms with Crippen LogP contribution in [0.4, 0.5) is 4.39 Å². The molecule has 2 aliphatic heterocycles. The molecule has 20 heavy (non-hydrogen) atoms. The van der Waals surface area contributed by atoms with Gasteiger partial charge in [-0.2, -0.15) is 11.3 Å². The van der Waals surface area contributed by atoms with Crippen LogP contribution in [0.15, 0.2) is 16.8 Å². The molecule has 1 aromatic heterocycles. The zero-order chi connectivity index (χ0) is 14.2. The molecular formula is C14H19FO4S. The Kier molecular flexibility index (Phi) is 4.10. The van der Waals surface area contributed by atoms with Crippen molar-refractivity contribution in [2.24, 2.45) is 0 Å². The summed E-state index contributed by atoms with van der Waals surface area (Å²) in [5, 5.41) is 4.06. The number of hydrogen-bond acceptors (Lipinski definition) is 5. The van der Waals surface area contributed by atoms with Crippen molar-refractivity contribution in [2.45, 2.75) is 57.3 Å². The minimum Gasteiger partial charge on any atom is -0.368 e. The summed E-state index contributed by atoms with van der Waals surface area (Å²) in [5.41, 5.74) is 1.13. The molecule has 112 valence electrons. The Balaban J connectivity index is 1.67. The van der Waals surface area contributed by atoms with Gasteiger partial charge in [0.05, 0.1) is 12.7 Å². The van der Waals surface area contributed by atoms with E-state index in [9.17, 15) is 4.39 Å². The summed E-state index contributed by atoms with van der Waals surface area (Å²) in [6.45, 7) is 3.43. The van der Waals surface area contributed by atoms with Crippen molar-refractivity contribution < 1.29 is 23.3 Å². The molecule has 2 fully saturated rings. The highest BCUT2D eigenvalue weighted by atomic mass is 32.1. The lowest BCUT2D eigenvalue weighted by molar-refractivity contribution is -0.233. The maximum absolute atomic E-state index is 13.0. The van der Waals surface area contributed by atoms with Crippen molar-refractivity contribution in [3.05, 3.63) is 22.4 Å². The number of fused-ring (bicyclic) bond motifs is 1. The topological polar surface area (TPSA) is 36.9 Å². The summed E-state index contributed by atoms with van der Waals surface area (Å²) in [7, 11) is 0. The normalized spacial score (nSPS) is 40.1. The quantitative estimate of drug-likeness (QED) is 0.838. The van der Waals surface area contributed by atoms with Crippen molar-refractivity contribution in [3.63, 3.8) is 0 Å². The summed E-state index contributed by atoms with van der Waals surface area (Å²) >= 11 is 1.63. The Labute approximate surface area is 121 Å². The van der Waals surface area contributed by atoms with Crippen molar-refractivity contribution in [1.82, 2.24) is 0 Å². The van der Waals surface area contributed by atoms with Gasteiger partial charge in [0.1, 0.15) is 18.9 Å². The number of hydrogen-bond donors (Lipinski definition) is 0. The molecule has 0 aliphatic carbocycles. The van der Waals surface area contributed by atoms with Gasteiger partial charge in [-0.1, -0.05) is 6.92 Å². The fourth-order valence-corrected chi connectivity index (χ4v) is 3.29. The van der Waals surface area contributed by atoms with Gasteiger partial charge in [-0.25, -0.2) is 4.39 Å². The van der Waals surface area contributed by atoms with Crippen LogP contribution in [0, 0.1) is 0 Å². The first-order valence-electron chi connectivity index (χ1n) is 6.85. The van der Waals surface area contributed by atoms with Gasteiger partial charge < -0.3 is 18.9 Å². The standard InChI is InChI=1S/C14H19FO4S/c1-3-10-11(16-6-9-4-5-20-7-9)12-13(17-10)19-14(2,8-15)18-12/h4-5,7,10-13H,3,6,8H2,1-2H3/t10-,11+,12-,13-,14?/m1/s1. The van der Waals surface area contributed by atoms with Crippen LogP contribution in [0.5, 0.6) is 0 Å². The van der Waals surface area contributed by atoms with E-state index >= 15 is 0 Å². The highest BCUT2D eigenvalue weighted by Crippen LogP contribution is 2.40. The molecule has 2 aliphatic rings. The maximum atomic E-state index is 13.0. The highest BCUT2D eigenvalue weighted by molar-refractivity contribution is 7.07. The van der Waals surface area contributed by atoms with Gasteiger partial charge in [0.2, 0.25) is 0 Å². The fourth-order valence-electron chi connectivity index (χ4n) is 2.63. The zero-order valence-corrected chi connectivity index (χ0v) is 12.4. The molecule has 1 unspecified atom stereocenters. The predicted octanol–water partition coefficient (Wildman–Crippen LogP) is 2.87. The first-order valence-corrected chi connectivity index (χ1v) is 7.79. The summed E-state index contributed by atoms with van der Waals surface area (Å²) in [4.78, 5) is 0. The number of rotatable bonds is 5. The largest absolute Gasteiger partial charge is 0.368 e. The molecule has 0 bridgehead atoms. The second-order valence-corrected chi connectivity index (χ2v) is 6.11. The molecule has 2 saturated heterocycles. The molecule has 0 aromatic carbocycles. The Morgan fingerprint density at radius 1 is 1.45 bits per heavy atom. The average molecular weight is 302 g/mol. The summed E-state index contributed by atoms with van der Waals surface area (Å²) in [6, 6.07) is 2.02. The van der Waals surface area contributed by atoms with Gasteiger partial charge in [-0.05, 0) is 35.7 Å². The van der Waals surface area contributed by atoms with Crippen molar-refractivity contribution >= 4 is 11.3 Å². The number of halogens is 1. The number of ether oxygens (including phenoxy) is 4. The average Bonchev–Trinajstić information content (AvgIpc) is 3.11. The molecular weight excluding hydrogens is 283 g/mol. The molecule has 3 heterocycles. The molecule has 1 aromatic rings. The van der Waals surface area contributed by atoms with E-state index in [-0.39, 0.29) is 18.3 Å². The predicted molar refractivity (Wildman–Crippen MR) is 72.2 cm³/mol. The SMILES string of the molecule is CC[C@H]1O[C@@H]2OC(C)(CF)O[C@@H]2[C@H]1OCc1ccsc1. The van der Waals surface area contributed by atoms with Gasteiger partial charge in [0.15, 0.2) is 12.1 Å². The van der Waals surface area contributed by atoms with E-state index in [2.05, 4.69) is 0 Å². The zero-order valence-electron chi connectivity index (χ0n) is 11.6. The lowest BCUT2D eigenvalue weighted by Crippen LogP contribution is -2.38.